The normalized spacial score (nSPS) is 13.1. The highest BCUT2D eigenvalue weighted by Gasteiger charge is 2.37. The van der Waals surface area contributed by atoms with Crippen molar-refractivity contribution < 1.29 is 4.42 Å². The van der Waals surface area contributed by atoms with E-state index in [9.17, 15) is 0 Å². The molecule has 0 aliphatic heterocycles. The molecule has 1 aliphatic rings. The van der Waals surface area contributed by atoms with Crippen LogP contribution in [0.25, 0.3) is 106 Å². The smallest absolute Gasteiger partial charge is 0.164 e. The van der Waals surface area contributed by atoms with Crippen LogP contribution in [0.4, 0.5) is 0 Å². The first-order valence-electron chi connectivity index (χ1n) is 20.1. The lowest BCUT2D eigenvalue weighted by Crippen LogP contribution is -2.14. The Morgan fingerprint density at radius 3 is 1.88 bits per heavy atom. The fraction of sp³-hybridized carbons (Fsp3) is 0.0556. The van der Waals surface area contributed by atoms with Crippen molar-refractivity contribution in [1.29, 1.82) is 0 Å². The maximum absolute atomic E-state index is 6.53. The van der Waals surface area contributed by atoms with Gasteiger partial charge in [-0.2, -0.15) is 0 Å². The summed E-state index contributed by atoms with van der Waals surface area (Å²) in [7, 11) is 0. The zero-order chi connectivity index (χ0) is 39.2. The summed E-state index contributed by atoms with van der Waals surface area (Å²) in [5, 5.41) is 4.62. The van der Waals surface area contributed by atoms with Crippen molar-refractivity contribution in [3.63, 3.8) is 0 Å². The van der Waals surface area contributed by atoms with Gasteiger partial charge in [0.1, 0.15) is 11.2 Å². The van der Waals surface area contributed by atoms with Crippen LogP contribution in [0.15, 0.2) is 186 Å². The van der Waals surface area contributed by atoms with Crippen molar-refractivity contribution in [2.45, 2.75) is 19.3 Å². The minimum absolute atomic E-state index is 0.117. The molecule has 3 aromatic heterocycles. The Morgan fingerprint density at radius 2 is 1.07 bits per heavy atom. The van der Waals surface area contributed by atoms with Crippen LogP contribution in [0, 0.1) is 0 Å². The minimum Gasteiger partial charge on any atom is -0.456 e. The molecule has 0 N–H and O–H groups in total. The summed E-state index contributed by atoms with van der Waals surface area (Å²) in [5.41, 5.74) is 15.2. The minimum atomic E-state index is -0.117. The van der Waals surface area contributed by atoms with E-state index in [0.717, 1.165) is 61.0 Å². The lowest BCUT2D eigenvalue weighted by Gasteiger charge is -2.21. The van der Waals surface area contributed by atoms with Crippen LogP contribution in [-0.4, -0.2) is 19.5 Å². The molecule has 0 fully saturated rings. The molecule has 0 unspecified atom stereocenters. The number of nitrogens with zero attached hydrogens (tertiary/aromatic N) is 4. The van der Waals surface area contributed by atoms with Gasteiger partial charge in [0.05, 0.1) is 11.0 Å². The maximum atomic E-state index is 6.53. The molecule has 5 nitrogen and oxygen atoms in total. The maximum Gasteiger partial charge on any atom is 0.164 e. The van der Waals surface area contributed by atoms with E-state index in [2.05, 4.69) is 158 Å². The van der Waals surface area contributed by atoms with Crippen LogP contribution < -0.4 is 0 Å². The highest BCUT2D eigenvalue weighted by Crippen LogP contribution is 2.53. The Labute approximate surface area is 340 Å². The van der Waals surface area contributed by atoms with Gasteiger partial charge in [-0.25, -0.2) is 15.0 Å². The van der Waals surface area contributed by atoms with Gasteiger partial charge in [-0.05, 0) is 64.2 Å². The molecule has 0 saturated carbocycles. The Balaban J connectivity index is 1.05. The van der Waals surface area contributed by atoms with Crippen molar-refractivity contribution >= 4 is 43.7 Å². The van der Waals surface area contributed by atoms with Crippen molar-refractivity contribution in [3.05, 3.63) is 193 Å². The fourth-order valence-corrected chi connectivity index (χ4v) is 9.47. The summed E-state index contributed by atoms with van der Waals surface area (Å²) in [4.78, 5) is 15.4. The number of furan rings is 1. The van der Waals surface area contributed by atoms with E-state index in [0.29, 0.717) is 17.5 Å². The van der Waals surface area contributed by atoms with Gasteiger partial charge >= 0.3 is 0 Å². The second kappa shape index (κ2) is 12.7. The summed E-state index contributed by atoms with van der Waals surface area (Å²) in [6, 6.07) is 64.0. The molecule has 1 aliphatic carbocycles. The highest BCUT2D eigenvalue weighted by atomic mass is 16.3. The second-order valence-electron chi connectivity index (χ2n) is 16.0. The third kappa shape index (κ3) is 5.08. The molecule has 8 aromatic carbocycles. The summed E-state index contributed by atoms with van der Waals surface area (Å²) in [6.45, 7) is 4.68. The van der Waals surface area contributed by atoms with Crippen LogP contribution in [0.2, 0.25) is 0 Å². The van der Waals surface area contributed by atoms with E-state index >= 15 is 0 Å². The third-order valence-corrected chi connectivity index (χ3v) is 12.2. The molecule has 0 amide bonds. The van der Waals surface area contributed by atoms with Crippen LogP contribution >= 0.6 is 0 Å². The fourth-order valence-electron chi connectivity index (χ4n) is 9.47. The van der Waals surface area contributed by atoms with Crippen LogP contribution in [-0.2, 0) is 5.41 Å². The Bertz CT molecular complexity index is 3470. The summed E-state index contributed by atoms with van der Waals surface area (Å²) in [6.07, 6.45) is 0. The predicted molar refractivity (Wildman–Crippen MR) is 241 cm³/mol. The Kier molecular flexibility index (Phi) is 7.20. The van der Waals surface area contributed by atoms with Gasteiger partial charge in [-0.1, -0.05) is 159 Å². The number of hydrogen-bond acceptors (Lipinski definition) is 4. The van der Waals surface area contributed by atoms with Gasteiger partial charge < -0.3 is 8.98 Å². The van der Waals surface area contributed by atoms with E-state index in [4.69, 9.17) is 19.4 Å². The molecular weight excluding hydrogens is 721 g/mol. The first kappa shape index (κ1) is 33.5. The van der Waals surface area contributed by atoms with Crippen molar-refractivity contribution in [3.8, 4) is 62.1 Å². The topological polar surface area (TPSA) is 56.7 Å². The molecule has 12 rings (SSSR count). The molecule has 278 valence electrons. The molecule has 5 heteroatoms. The van der Waals surface area contributed by atoms with E-state index < -0.39 is 0 Å². The van der Waals surface area contributed by atoms with E-state index in [1.165, 1.54) is 38.5 Å². The predicted octanol–water partition coefficient (Wildman–Crippen LogP) is 13.8. The van der Waals surface area contributed by atoms with Crippen molar-refractivity contribution in [2.75, 3.05) is 0 Å². The number of rotatable bonds is 5. The number of para-hydroxylation sites is 1. The summed E-state index contributed by atoms with van der Waals surface area (Å²) < 4.78 is 8.96. The van der Waals surface area contributed by atoms with Gasteiger partial charge in [0.2, 0.25) is 0 Å². The molecule has 0 saturated heterocycles. The number of benzene rings is 8. The molecule has 0 bridgehead atoms. The molecule has 11 aromatic rings. The first-order valence-corrected chi connectivity index (χ1v) is 20.1. The largest absolute Gasteiger partial charge is 0.456 e. The van der Waals surface area contributed by atoms with Gasteiger partial charge in [0, 0.05) is 54.9 Å². The number of aromatic nitrogens is 4. The molecule has 59 heavy (non-hydrogen) atoms. The van der Waals surface area contributed by atoms with Crippen LogP contribution in [0.1, 0.15) is 25.0 Å². The first-order chi connectivity index (χ1) is 29.0. The number of hydrogen-bond donors (Lipinski definition) is 0. The van der Waals surface area contributed by atoms with Crippen LogP contribution in [0.5, 0.6) is 0 Å². The summed E-state index contributed by atoms with van der Waals surface area (Å²) >= 11 is 0. The average Bonchev–Trinajstić information content (AvgIpc) is 3.92. The Hall–Kier alpha value is -7.63. The number of fused-ring (bicyclic) bond motifs is 10. The SMILES string of the molecule is CC1(C)c2ccccc2-c2c1ccc1c3ccccc3n(-c3cccc(-c4nc(-c5ccccc5)nc(-c5ccc6c(c5)oc5cccc(-c7ccccc7)c56)n4)c3)c21. The van der Waals surface area contributed by atoms with E-state index in [1.807, 2.05) is 42.5 Å². The highest BCUT2D eigenvalue weighted by molar-refractivity contribution is 6.16. The zero-order valence-electron chi connectivity index (χ0n) is 32.5. The van der Waals surface area contributed by atoms with E-state index in [1.54, 1.807) is 0 Å². The quantitative estimate of drug-likeness (QED) is 0.175. The lowest BCUT2D eigenvalue weighted by molar-refractivity contribution is 0.661. The molecule has 3 heterocycles. The lowest BCUT2D eigenvalue weighted by atomic mass is 9.82. The molecule has 0 atom stereocenters. The van der Waals surface area contributed by atoms with Crippen molar-refractivity contribution in [1.82, 2.24) is 19.5 Å². The van der Waals surface area contributed by atoms with Crippen LogP contribution in [0.3, 0.4) is 0 Å². The monoisotopic (exact) mass is 756 g/mol. The zero-order valence-corrected chi connectivity index (χ0v) is 32.5. The second-order valence-corrected chi connectivity index (χ2v) is 16.0. The van der Waals surface area contributed by atoms with Gasteiger partial charge in [0.25, 0.3) is 0 Å². The molecular formula is C54H36N4O. The third-order valence-electron chi connectivity index (χ3n) is 12.2. The average molecular weight is 757 g/mol. The van der Waals surface area contributed by atoms with Gasteiger partial charge in [0.15, 0.2) is 17.5 Å². The van der Waals surface area contributed by atoms with Gasteiger partial charge in [-0.15, -0.1) is 0 Å². The van der Waals surface area contributed by atoms with Crippen molar-refractivity contribution in [2.24, 2.45) is 0 Å². The summed E-state index contributed by atoms with van der Waals surface area (Å²) in [5.74, 6) is 1.79. The molecule has 0 spiro atoms. The Morgan fingerprint density at radius 1 is 0.441 bits per heavy atom. The van der Waals surface area contributed by atoms with E-state index in [-0.39, 0.29) is 5.41 Å². The standard InChI is InChI=1S/C54H36N4O/c1-54(2)43-24-11-9-22-41(43)49-44(54)30-29-40-39-21-10-12-25-45(39)58(50(40)49)37-20-13-19-35(31-37)52-55-51(34-17-7-4-8-18-34)56-53(57-52)36-27-28-42-47(32-36)59-46-26-14-23-38(48(42)46)33-15-5-3-6-16-33/h3-32H,1-2H3. The molecule has 0 radical (unpaired) electrons. The van der Waals surface area contributed by atoms with Gasteiger partial charge in [-0.3, -0.25) is 0 Å².